The summed E-state index contributed by atoms with van der Waals surface area (Å²) in [5, 5.41) is 6.07. The highest BCUT2D eigenvalue weighted by molar-refractivity contribution is 7.09. The number of piperidine rings is 1. The maximum absolute atomic E-state index is 12.5. The van der Waals surface area contributed by atoms with E-state index in [1.165, 1.54) is 0 Å². The van der Waals surface area contributed by atoms with E-state index in [9.17, 15) is 9.59 Å². The van der Waals surface area contributed by atoms with E-state index >= 15 is 0 Å². The minimum Gasteiger partial charge on any atom is -0.344 e. The molecule has 2 fully saturated rings. The van der Waals surface area contributed by atoms with E-state index in [0.717, 1.165) is 36.6 Å². The summed E-state index contributed by atoms with van der Waals surface area (Å²) >= 11 is 1.71. The van der Waals surface area contributed by atoms with Gasteiger partial charge in [-0.05, 0) is 25.2 Å². The zero-order valence-corrected chi connectivity index (χ0v) is 14.0. The van der Waals surface area contributed by atoms with Crippen molar-refractivity contribution in [3.8, 4) is 0 Å². The van der Waals surface area contributed by atoms with E-state index < -0.39 is 0 Å². The van der Waals surface area contributed by atoms with Gasteiger partial charge in [-0.2, -0.15) is 0 Å². The molecule has 0 saturated carbocycles. The fourth-order valence-electron chi connectivity index (χ4n) is 3.15. The third-order valence-corrected chi connectivity index (χ3v) is 5.53. The molecule has 2 atom stereocenters. The first-order chi connectivity index (χ1) is 10.5. The minimum atomic E-state index is -0.311. The largest absolute Gasteiger partial charge is 0.344 e. The SMILES string of the molecule is CC(C)c1csc(C2CCCN(C(=O)C3CCC(=O)N3)C2)n1. The smallest absolute Gasteiger partial charge is 0.245 e. The van der Waals surface area contributed by atoms with Gasteiger partial charge in [0.2, 0.25) is 11.8 Å². The molecule has 0 aromatic carbocycles. The number of hydrogen-bond donors (Lipinski definition) is 1. The first-order valence-electron chi connectivity index (χ1n) is 8.08. The van der Waals surface area contributed by atoms with Crippen molar-refractivity contribution in [2.24, 2.45) is 0 Å². The van der Waals surface area contributed by atoms with Crippen LogP contribution in [0.25, 0.3) is 0 Å². The van der Waals surface area contributed by atoms with Crippen LogP contribution in [0.15, 0.2) is 5.38 Å². The lowest BCUT2D eigenvalue weighted by Crippen LogP contribution is -2.48. The molecule has 3 rings (SSSR count). The summed E-state index contributed by atoms with van der Waals surface area (Å²) in [4.78, 5) is 30.5. The Labute approximate surface area is 135 Å². The second kappa shape index (κ2) is 6.36. The molecule has 1 N–H and O–H groups in total. The monoisotopic (exact) mass is 321 g/mol. The predicted octanol–water partition coefficient (Wildman–Crippen LogP) is 2.25. The lowest BCUT2D eigenvalue weighted by Gasteiger charge is -2.33. The molecule has 2 saturated heterocycles. The Kier molecular flexibility index (Phi) is 4.47. The third kappa shape index (κ3) is 3.16. The summed E-state index contributed by atoms with van der Waals surface area (Å²) in [7, 11) is 0. The Morgan fingerprint density at radius 1 is 1.45 bits per heavy atom. The molecule has 3 heterocycles. The van der Waals surface area contributed by atoms with Crippen LogP contribution >= 0.6 is 11.3 Å². The first-order valence-corrected chi connectivity index (χ1v) is 8.96. The summed E-state index contributed by atoms with van der Waals surface area (Å²) in [6, 6.07) is -0.311. The number of amides is 2. The summed E-state index contributed by atoms with van der Waals surface area (Å²) in [6.07, 6.45) is 3.20. The topological polar surface area (TPSA) is 62.3 Å². The number of likely N-dealkylation sites (tertiary alicyclic amines) is 1. The molecule has 0 aliphatic carbocycles. The molecule has 0 bridgehead atoms. The summed E-state index contributed by atoms with van der Waals surface area (Å²) in [6.45, 7) is 5.83. The van der Waals surface area contributed by atoms with Crippen molar-refractivity contribution in [2.75, 3.05) is 13.1 Å². The highest BCUT2D eigenvalue weighted by Crippen LogP contribution is 2.31. The standard InChI is InChI=1S/C16H23N3O2S/c1-10(2)13-9-22-15(18-13)11-4-3-7-19(8-11)16(21)12-5-6-14(20)17-12/h9-12H,3-8H2,1-2H3,(H,17,20). The molecular formula is C16H23N3O2S. The van der Waals surface area contributed by atoms with Gasteiger partial charge in [-0.25, -0.2) is 4.98 Å². The molecule has 120 valence electrons. The molecule has 1 aromatic rings. The van der Waals surface area contributed by atoms with Crippen molar-refractivity contribution in [3.05, 3.63) is 16.1 Å². The number of thiazole rings is 1. The van der Waals surface area contributed by atoms with Crippen LogP contribution in [0.4, 0.5) is 0 Å². The van der Waals surface area contributed by atoms with Crippen LogP contribution in [0.5, 0.6) is 0 Å². The second-order valence-corrected chi connectivity index (χ2v) is 7.44. The Morgan fingerprint density at radius 2 is 2.27 bits per heavy atom. The van der Waals surface area contributed by atoms with Crippen LogP contribution in [0.2, 0.25) is 0 Å². The Bertz CT molecular complexity index is 569. The average molecular weight is 321 g/mol. The molecule has 2 unspecified atom stereocenters. The molecule has 2 aliphatic rings. The molecule has 2 aliphatic heterocycles. The number of nitrogens with zero attached hydrogens (tertiary/aromatic N) is 2. The van der Waals surface area contributed by atoms with E-state index in [0.29, 0.717) is 24.7 Å². The van der Waals surface area contributed by atoms with Gasteiger partial charge in [0.05, 0.1) is 10.7 Å². The highest BCUT2D eigenvalue weighted by atomic mass is 32.1. The van der Waals surface area contributed by atoms with E-state index in [2.05, 4.69) is 24.5 Å². The first kappa shape index (κ1) is 15.5. The number of hydrogen-bond acceptors (Lipinski definition) is 4. The van der Waals surface area contributed by atoms with Gasteiger partial charge < -0.3 is 10.2 Å². The van der Waals surface area contributed by atoms with Crippen LogP contribution in [0.3, 0.4) is 0 Å². The Morgan fingerprint density at radius 3 is 2.91 bits per heavy atom. The van der Waals surface area contributed by atoms with Crippen LogP contribution in [-0.2, 0) is 9.59 Å². The van der Waals surface area contributed by atoms with Gasteiger partial charge in [-0.3, -0.25) is 9.59 Å². The number of carbonyl (C=O) groups is 2. The van der Waals surface area contributed by atoms with E-state index in [4.69, 9.17) is 4.98 Å². The van der Waals surface area contributed by atoms with Crippen molar-refractivity contribution in [1.82, 2.24) is 15.2 Å². The number of rotatable bonds is 3. The second-order valence-electron chi connectivity index (χ2n) is 6.55. The van der Waals surface area contributed by atoms with Gasteiger partial charge in [0, 0.05) is 30.8 Å². The number of aromatic nitrogens is 1. The van der Waals surface area contributed by atoms with E-state index in [-0.39, 0.29) is 17.9 Å². The lowest BCUT2D eigenvalue weighted by atomic mass is 9.97. The molecular weight excluding hydrogens is 298 g/mol. The van der Waals surface area contributed by atoms with Crippen molar-refractivity contribution in [1.29, 1.82) is 0 Å². The van der Waals surface area contributed by atoms with Gasteiger partial charge in [-0.1, -0.05) is 13.8 Å². The molecule has 0 radical (unpaired) electrons. The number of nitrogens with one attached hydrogen (secondary N) is 1. The van der Waals surface area contributed by atoms with Crippen LogP contribution in [0.1, 0.15) is 62.1 Å². The van der Waals surface area contributed by atoms with Crippen LogP contribution < -0.4 is 5.32 Å². The van der Waals surface area contributed by atoms with Gasteiger partial charge in [0.15, 0.2) is 0 Å². The molecule has 1 aromatic heterocycles. The van der Waals surface area contributed by atoms with Crippen molar-refractivity contribution >= 4 is 23.2 Å². The lowest BCUT2D eigenvalue weighted by molar-refractivity contribution is -0.135. The van der Waals surface area contributed by atoms with Gasteiger partial charge in [-0.15, -0.1) is 11.3 Å². The highest BCUT2D eigenvalue weighted by Gasteiger charge is 2.34. The maximum Gasteiger partial charge on any atom is 0.245 e. The Balaban J connectivity index is 1.65. The molecule has 5 nitrogen and oxygen atoms in total. The molecule has 0 spiro atoms. The third-order valence-electron chi connectivity index (χ3n) is 4.51. The Hall–Kier alpha value is -1.43. The quantitative estimate of drug-likeness (QED) is 0.929. The van der Waals surface area contributed by atoms with Gasteiger partial charge in [0.25, 0.3) is 0 Å². The van der Waals surface area contributed by atoms with Crippen molar-refractivity contribution < 1.29 is 9.59 Å². The summed E-state index contributed by atoms with van der Waals surface area (Å²) in [5.41, 5.74) is 1.14. The van der Waals surface area contributed by atoms with Crippen LogP contribution in [0, 0.1) is 0 Å². The fraction of sp³-hybridized carbons (Fsp3) is 0.688. The predicted molar refractivity (Wildman–Crippen MR) is 85.9 cm³/mol. The van der Waals surface area contributed by atoms with Gasteiger partial charge in [0.1, 0.15) is 6.04 Å². The molecule has 22 heavy (non-hydrogen) atoms. The number of carbonyl (C=O) groups excluding carboxylic acids is 2. The van der Waals surface area contributed by atoms with Crippen molar-refractivity contribution in [2.45, 2.75) is 57.4 Å². The fourth-order valence-corrected chi connectivity index (χ4v) is 4.26. The average Bonchev–Trinajstić information content (AvgIpc) is 3.15. The van der Waals surface area contributed by atoms with Crippen LogP contribution in [-0.4, -0.2) is 40.8 Å². The zero-order valence-electron chi connectivity index (χ0n) is 13.2. The van der Waals surface area contributed by atoms with Gasteiger partial charge >= 0.3 is 0 Å². The summed E-state index contributed by atoms with van der Waals surface area (Å²) in [5.74, 6) is 0.858. The maximum atomic E-state index is 12.5. The minimum absolute atomic E-state index is 0.00610. The van der Waals surface area contributed by atoms with E-state index in [1.807, 2.05) is 4.90 Å². The van der Waals surface area contributed by atoms with E-state index in [1.54, 1.807) is 11.3 Å². The summed E-state index contributed by atoms with van der Waals surface area (Å²) < 4.78 is 0. The van der Waals surface area contributed by atoms with Crippen molar-refractivity contribution in [3.63, 3.8) is 0 Å². The molecule has 2 amide bonds. The normalized spacial score (nSPS) is 25.6. The zero-order chi connectivity index (χ0) is 15.7. The molecule has 6 heteroatoms.